The molecule has 41 heavy (non-hydrogen) atoms. The number of hydrogen-bond acceptors (Lipinski definition) is 13. The lowest BCUT2D eigenvalue weighted by Gasteiger charge is -2.50. The number of carbonyl (C=O) groups excluding carboxylic acids is 3. The van der Waals surface area contributed by atoms with Crippen molar-refractivity contribution in [1.29, 1.82) is 0 Å². The lowest BCUT2D eigenvalue weighted by molar-refractivity contribution is -0.407. The number of aliphatic hydroxyl groups is 7. The Bertz CT molecular complexity index is 1420. The van der Waals surface area contributed by atoms with Crippen molar-refractivity contribution in [2.24, 2.45) is 0 Å². The van der Waals surface area contributed by atoms with Gasteiger partial charge in [0, 0.05) is 35.3 Å². The number of amides is 3. The predicted molar refractivity (Wildman–Crippen MR) is 128 cm³/mol. The first-order valence-corrected chi connectivity index (χ1v) is 12.2. The molecule has 16 heteroatoms. The quantitative estimate of drug-likeness (QED) is 0.123. The molecule has 15 nitrogen and oxygen atoms in total. The van der Waals surface area contributed by atoms with Gasteiger partial charge in [-0.25, -0.2) is 9.29 Å². The van der Waals surface area contributed by atoms with Crippen LogP contribution in [0, 0.1) is 5.82 Å². The Balaban J connectivity index is 1.41. The van der Waals surface area contributed by atoms with Crippen molar-refractivity contribution in [1.82, 2.24) is 15.1 Å². The summed E-state index contributed by atoms with van der Waals surface area (Å²) in [6.45, 7) is -0.251. The Labute approximate surface area is 230 Å². The maximum absolute atomic E-state index is 14.7. The summed E-state index contributed by atoms with van der Waals surface area (Å²) < 4.78 is 25.6. The third kappa shape index (κ3) is 4.28. The van der Waals surface area contributed by atoms with Gasteiger partial charge in [0.25, 0.3) is 35.1 Å². The van der Waals surface area contributed by atoms with Crippen LogP contribution in [0.4, 0.5) is 4.39 Å². The van der Waals surface area contributed by atoms with Gasteiger partial charge in [-0.3, -0.25) is 24.6 Å². The van der Waals surface area contributed by atoms with Crippen molar-refractivity contribution in [2.45, 2.75) is 36.4 Å². The fourth-order valence-corrected chi connectivity index (χ4v) is 4.96. The molecule has 3 amide bonds. The molecule has 2 fully saturated rings. The predicted octanol–water partition coefficient (Wildman–Crippen LogP) is -3.51. The van der Waals surface area contributed by atoms with Gasteiger partial charge in [-0.2, -0.15) is 0 Å². The molecular weight excluding hydrogens is 553 g/mol. The molecule has 0 aromatic heterocycles. The molecule has 5 rings (SSSR count). The van der Waals surface area contributed by atoms with Crippen LogP contribution in [0.25, 0.3) is 0 Å². The van der Waals surface area contributed by atoms with Gasteiger partial charge in [0.15, 0.2) is 0 Å². The Morgan fingerprint density at radius 2 is 1.68 bits per heavy atom. The summed E-state index contributed by atoms with van der Waals surface area (Å²) in [5.74, 6) is -16.5. The highest BCUT2D eigenvalue weighted by atomic mass is 19.1. The van der Waals surface area contributed by atoms with Gasteiger partial charge < -0.3 is 45.2 Å². The second-order valence-corrected chi connectivity index (χ2v) is 9.80. The number of nitrogens with one attached hydrogen (secondary N) is 1. The van der Waals surface area contributed by atoms with Crippen molar-refractivity contribution in [3.8, 4) is 5.75 Å². The molecule has 2 aromatic carbocycles. The van der Waals surface area contributed by atoms with Crippen LogP contribution in [0.3, 0.4) is 0 Å². The van der Waals surface area contributed by atoms with Crippen molar-refractivity contribution in [3.05, 3.63) is 64.5 Å². The number of nitrogens with zero attached hydrogens (tertiary/aromatic N) is 2. The molecule has 0 radical (unpaired) electrons. The zero-order valence-electron chi connectivity index (χ0n) is 21.2. The average molecular weight is 579 g/mol. The molecule has 3 aliphatic heterocycles. The van der Waals surface area contributed by atoms with E-state index >= 15 is 0 Å². The standard InChI is InChI=1S/C25H26FN3O12/c26-17-5-4-14(24(36,37)28-6-8-40-9-7-28)10-13(17)12-41-18-3-1-2-15-16(18)11-29(19(15)30)22(33)20(31)27-21(32)23(34,35)25(22,38)39/h1-5,10,33-39H,6-9,11-12H2,(H,27,31,32). The number of benzene rings is 2. The van der Waals surface area contributed by atoms with E-state index in [-0.39, 0.29) is 59.2 Å². The van der Waals surface area contributed by atoms with E-state index in [1.54, 1.807) is 0 Å². The SMILES string of the molecule is O=C1c2cccc(OCc3cc(C(O)(O)N4CCOCC4)ccc3F)c2CN1C1(O)C(=O)NC(=O)C(O)(O)C1(O)O. The average Bonchev–Trinajstić information content (AvgIpc) is 3.28. The maximum atomic E-state index is 14.7. The minimum atomic E-state index is -4.26. The summed E-state index contributed by atoms with van der Waals surface area (Å²) in [4.78, 5) is 39.0. The van der Waals surface area contributed by atoms with Gasteiger partial charge in [0.2, 0.25) is 0 Å². The molecule has 1 atom stereocenters. The lowest BCUT2D eigenvalue weighted by atomic mass is 9.86. The highest BCUT2D eigenvalue weighted by Gasteiger charge is 2.76. The Kier molecular flexibility index (Phi) is 6.89. The molecule has 1 unspecified atom stereocenters. The molecule has 220 valence electrons. The Hall–Kier alpha value is -3.58. The lowest BCUT2D eigenvalue weighted by Crippen LogP contribution is -2.85. The van der Waals surface area contributed by atoms with E-state index in [1.807, 2.05) is 0 Å². The van der Waals surface area contributed by atoms with E-state index in [0.29, 0.717) is 0 Å². The van der Waals surface area contributed by atoms with Gasteiger partial charge in [0.05, 0.1) is 19.8 Å². The van der Waals surface area contributed by atoms with Crippen LogP contribution in [0.1, 0.15) is 27.0 Å². The Morgan fingerprint density at radius 3 is 2.37 bits per heavy atom. The number of morpholine rings is 1. The number of halogens is 1. The van der Waals surface area contributed by atoms with Gasteiger partial charge in [-0.05, 0) is 30.3 Å². The van der Waals surface area contributed by atoms with Crippen LogP contribution in [0.15, 0.2) is 36.4 Å². The second kappa shape index (κ2) is 9.76. The number of rotatable bonds is 6. The van der Waals surface area contributed by atoms with E-state index < -0.39 is 59.9 Å². The van der Waals surface area contributed by atoms with Crippen molar-refractivity contribution < 1.29 is 64.0 Å². The number of hydrogen-bond donors (Lipinski definition) is 8. The van der Waals surface area contributed by atoms with Gasteiger partial charge in [-0.1, -0.05) is 6.07 Å². The van der Waals surface area contributed by atoms with Crippen LogP contribution in [-0.4, -0.2) is 107 Å². The molecule has 0 bridgehead atoms. The number of carbonyl (C=O) groups is 3. The van der Waals surface area contributed by atoms with Gasteiger partial charge in [0.1, 0.15) is 18.2 Å². The Morgan fingerprint density at radius 1 is 1.00 bits per heavy atom. The van der Waals surface area contributed by atoms with E-state index in [4.69, 9.17) is 9.47 Å². The number of piperidine rings is 1. The van der Waals surface area contributed by atoms with Crippen LogP contribution in [-0.2, 0) is 33.4 Å². The molecule has 2 saturated heterocycles. The number of imide groups is 1. The molecule has 0 saturated carbocycles. The van der Waals surface area contributed by atoms with E-state index in [0.717, 1.165) is 6.07 Å². The fraction of sp³-hybridized carbons (Fsp3) is 0.400. The minimum Gasteiger partial charge on any atom is -0.488 e. The first kappa shape index (κ1) is 28.9. The third-order valence-corrected chi connectivity index (χ3v) is 7.42. The van der Waals surface area contributed by atoms with Crippen molar-refractivity contribution in [3.63, 3.8) is 0 Å². The van der Waals surface area contributed by atoms with E-state index in [2.05, 4.69) is 0 Å². The molecule has 2 aromatic rings. The van der Waals surface area contributed by atoms with Crippen molar-refractivity contribution in [2.75, 3.05) is 26.3 Å². The normalized spacial score (nSPS) is 24.3. The first-order chi connectivity index (χ1) is 19.1. The van der Waals surface area contributed by atoms with Gasteiger partial charge in [-0.15, -0.1) is 0 Å². The zero-order valence-corrected chi connectivity index (χ0v) is 21.2. The summed E-state index contributed by atoms with van der Waals surface area (Å²) in [6, 6.07) is 7.35. The minimum absolute atomic E-state index is 0.00329. The summed E-state index contributed by atoms with van der Waals surface area (Å²) >= 11 is 0. The highest BCUT2D eigenvalue weighted by Crippen LogP contribution is 2.42. The van der Waals surface area contributed by atoms with Crippen LogP contribution >= 0.6 is 0 Å². The van der Waals surface area contributed by atoms with Crippen LogP contribution in [0.2, 0.25) is 0 Å². The third-order valence-electron chi connectivity index (χ3n) is 7.42. The molecular formula is C25H26FN3O12. The van der Waals surface area contributed by atoms with Crippen LogP contribution < -0.4 is 10.1 Å². The molecule has 8 N–H and O–H groups in total. The van der Waals surface area contributed by atoms with Crippen LogP contribution in [0.5, 0.6) is 5.75 Å². The number of fused-ring (bicyclic) bond motifs is 1. The smallest absolute Gasteiger partial charge is 0.306 e. The molecule has 0 aliphatic carbocycles. The first-order valence-electron chi connectivity index (χ1n) is 12.2. The summed E-state index contributed by atoms with van der Waals surface area (Å²) in [5.41, 5.74) is -4.08. The number of ether oxygens (including phenoxy) is 2. The fourth-order valence-electron chi connectivity index (χ4n) is 4.96. The van der Waals surface area contributed by atoms with Gasteiger partial charge >= 0.3 is 5.79 Å². The molecule has 3 heterocycles. The second-order valence-electron chi connectivity index (χ2n) is 9.80. The molecule has 3 aliphatic rings. The zero-order chi connectivity index (χ0) is 30.0. The molecule has 0 spiro atoms. The maximum Gasteiger partial charge on any atom is 0.306 e. The monoisotopic (exact) mass is 579 g/mol. The topological polar surface area (TPSA) is 230 Å². The summed E-state index contributed by atoms with van der Waals surface area (Å²) in [5, 5.41) is 74.4. The van der Waals surface area contributed by atoms with E-state index in [1.165, 1.54) is 40.5 Å². The summed E-state index contributed by atoms with van der Waals surface area (Å²) in [6.07, 6.45) is 0. The highest BCUT2D eigenvalue weighted by molar-refractivity contribution is 6.10. The largest absolute Gasteiger partial charge is 0.488 e. The summed E-state index contributed by atoms with van der Waals surface area (Å²) in [7, 11) is 0. The van der Waals surface area contributed by atoms with E-state index in [9.17, 15) is 54.5 Å². The van der Waals surface area contributed by atoms with Crippen molar-refractivity contribution >= 4 is 17.7 Å².